The van der Waals surface area contributed by atoms with Gasteiger partial charge in [0.1, 0.15) is 0 Å². The molecule has 51 valence electrons. The van der Waals surface area contributed by atoms with E-state index in [1.165, 1.54) is 0 Å². The first kappa shape index (κ1) is 22.6. The van der Waals surface area contributed by atoms with E-state index in [0.29, 0.717) is 0 Å². The Morgan fingerprint density at radius 3 is 1.12 bits per heavy atom. The van der Waals surface area contributed by atoms with Gasteiger partial charge in [0.05, 0.1) is 0 Å². The van der Waals surface area contributed by atoms with Gasteiger partial charge in [0, 0.05) is 53.0 Å². The van der Waals surface area contributed by atoms with Crippen LogP contribution in [-0.2, 0) is 57.6 Å². The topological polar surface area (TPSA) is 77.8 Å². The largest absolute Gasteiger partial charge is 0.466 e. The second-order valence-corrected chi connectivity index (χ2v) is 1.54. The minimum Gasteiger partial charge on any atom is -0.303 e. The molecular formula is H3MnNiO4PZn. The minimum atomic E-state index is -4.64. The fraction of sp³-hybridized carbons (Fsp3) is 0. The maximum absolute atomic E-state index is 8.88. The normalized spacial score (nSPS) is 7.38. The molecule has 0 unspecified atom stereocenters. The summed E-state index contributed by atoms with van der Waals surface area (Å²) >= 11 is 0. The van der Waals surface area contributed by atoms with Crippen molar-refractivity contribution in [3.05, 3.63) is 0 Å². The van der Waals surface area contributed by atoms with Crippen LogP contribution in [-0.4, -0.2) is 14.7 Å². The monoisotopic (exact) mass is 275 g/mol. The van der Waals surface area contributed by atoms with Crippen LogP contribution in [0, 0.1) is 0 Å². The quantitative estimate of drug-likeness (QED) is 0.394. The van der Waals surface area contributed by atoms with Crippen molar-refractivity contribution in [2.45, 2.75) is 0 Å². The van der Waals surface area contributed by atoms with Gasteiger partial charge < -0.3 is 14.7 Å². The van der Waals surface area contributed by atoms with Crippen molar-refractivity contribution in [2.75, 3.05) is 0 Å². The molecule has 0 fully saturated rings. The molecule has 8 heteroatoms. The Morgan fingerprint density at radius 2 is 1.12 bits per heavy atom. The summed E-state index contributed by atoms with van der Waals surface area (Å²) in [5.41, 5.74) is 0. The fourth-order valence-electron chi connectivity index (χ4n) is 0. The molecule has 0 amide bonds. The van der Waals surface area contributed by atoms with E-state index < -0.39 is 7.82 Å². The molecule has 1 radical (unpaired) electrons. The van der Waals surface area contributed by atoms with Gasteiger partial charge in [0.25, 0.3) is 0 Å². The van der Waals surface area contributed by atoms with Crippen LogP contribution >= 0.6 is 7.82 Å². The average Bonchev–Trinajstić information content (AvgIpc) is 0.722. The zero-order valence-electron chi connectivity index (χ0n) is 3.60. The maximum Gasteiger partial charge on any atom is 0.466 e. The molecular weight excluding hydrogens is 274 g/mol. The molecule has 8 heavy (non-hydrogen) atoms. The summed E-state index contributed by atoms with van der Waals surface area (Å²) < 4.78 is 8.88. The number of phosphoric acid groups is 1. The summed E-state index contributed by atoms with van der Waals surface area (Å²) in [5, 5.41) is 0. The van der Waals surface area contributed by atoms with Crippen molar-refractivity contribution in [3.8, 4) is 0 Å². The molecule has 0 heterocycles. The van der Waals surface area contributed by atoms with E-state index in [1.807, 2.05) is 0 Å². The summed E-state index contributed by atoms with van der Waals surface area (Å²) in [6, 6.07) is 0. The van der Waals surface area contributed by atoms with Crippen LogP contribution in [0.5, 0.6) is 0 Å². The van der Waals surface area contributed by atoms with Gasteiger partial charge in [-0.25, -0.2) is 4.57 Å². The summed E-state index contributed by atoms with van der Waals surface area (Å²) in [6.45, 7) is 0. The first-order valence-electron chi connectivity index (χ1n) is 0.783. The molecule has 0 aliphatic carbocycles. The van der Waals surface area contributed by atoms with E-state index in [-0.39, 0.29) is 53.0 Å². The van der Waals surface area contributed by atoms with Gasteiger partial charge in [0.15, 0.2) is 0 Å². The van der Waals surface area contributed by atoms with Gasteiger partial charge in [-0.05, 0) is 0 Å². The van der Waals surface area contributed by atoms with Crippen LogP contribution in [0.2, 0.25) is 0 Å². The molecule has 0 aromatic carbocycles. The van der Waals surface area contributed by atoms with E-state index in [9.17, 15) is 0 Å². The molecule has 0 bridgehead atoms. The fourth-order valence-corrected chi connectivity index (χ4v) is 0. The third kappa shape index (κ3) is 116. The van der Waals surface area contributed by atoms with Gasteiger partial charge in [-0.15, -0.1) is 0 Å². The second-order valence-electron chi connectivity index (χ2n) is 0.513. The minimum absolute atomic E-state index is 0. The Balaban J connectivity index is -0.0000000267. The van der Waals surface area contributed by atoms with E-state index in [4.69, 9.17) is 19.2 Å². The molecule has 0 saturated carbocycles. The molecule has 0 atom stereocenters. The van der Waals surface area contributed by atoms with Gasteiger partial charge in [-0.2, -0.15) is 0 Å². The molecule has 4 nitrogen and oxygen atoms in total. The van der Waals surface area contributed by atoms with Gasteiger partial charge >= 0.3 is 7.82 Å². The van der Waals surface area contributed by atoms with Crippen LogP contribution in [0.25, 0.3) is 0 Å². The molecule has 0 aromatic rings. The van der Waals surface area contributed by atoms with Gasteiger partial charge in [-0.1, -0.05) is 0 Å². The molecule has 0 aliphatic heterocycles. The third-order valence-electron chi connectivity index (χ3n) is 0. The van der Waals surface area contributed by atoms with Crippen LogP contribution in [0.15, 0.2) is 0 Å². The number of hydrogen-bond donors (Lipinski definition) is 3. The van der Waals surface area contributed by atoms with E-state index in [1.54, 1.807) is 0 Å². The Bertz CT molecular complexity index is 62.2. The average molecular weight is 277 g/mol. The van der Waals surface area contributed by atoms with Gasteiger partial charge in [0.2, 0.25) is 0 Å². The van der Waals surface area contributed by atoms with E-state index >= 15 is 0 Å². The van der Waals surface area contributed by atoms with Crippen LogP contribution in [0.4, 0.5) is 0 Å². The van der Waals surface area contributed by atoms with Crippen molar-refractivity contribution in [2.24, 2.45) is 0 Å². The summed E-state index contributed by atoms with van der Waals surface area (Å²) in [7, 11) is -4.64. The summed E-state index contributed by atoms with van der Waals surface area (Å²) in [4.78, 5) is 21.6. The number of rotatable bonds is 0. The molecule has 0 saturated heterocycles. The predicted octanol–water partition coefficient (Wildman–Crippen LogP) is -0.936. The maximum atomic E-state index is 8.88. The Morgan fingerprint density at radius 1 is 1.12 bits per heavy atom. The predicted molar refractivity (Wildman–Crippen MR) is 14.3 cm³/mol. The molecule has 0 rings (SSSR count). The summed E-state index contributed by atoms with van der Waals surface area (Å²) in [6.07, 6.45) is 0. The summed E-state index contributed by atoms with van der Waals surface area (Å²) in [5.74, 6) is 0. The first-order valence-corrected chi connectivity index (χ1v) is 2.35. The van der Waals surface area contributed by atoms with Crippen molar-refractivity contribution < 1.29 is 72.3 Å². The molecule has 0 spiro atoms. The van der Waals surface area contributed by atoms with Gasteiger partial charge in [-0.3, -0.25) is 0 Å². The van der Waals surface area contributed by atoms with Crippen LogP contribution < -0.4 is 0 Å². The van der Waals surface area contributed by atoms with Crippen molar-refractivity contribution in [1.82, 2.24) is 0 Å². The second kappa shape index (κ2) is 8.75. The van der Waals surface area contributed by atoms with Crippen LogP contribution in [0.3, 0.4) is 0 Å². The third-order valence-corrected chi connectivity index (χ3v) is 0. The first-order chi connectivity index (χ1) is 2.00. The standard InChI is InChI=1S/Mn.Ni.H3O4P.Zn/c;;1-5(2,3)4;/h;;(H3,1,2,3,4);. The molecule has 3 N–H and O–H groups in total. The molecule has 0 aliphatic rings. The van der Waals surface area contributed by atoms with Crippen molar-refractivity contribution >= 4 is 7.82 Å². The zero-order valence-corrected chi connectivity index (χ0v) is 9.63. The number of hydrogen-bond acceptors (Lipinski definition) is 1. The van der Waals surface area contributed by atoms with E-state index in [2.05, 4.69) is 0 Å². The van der Waals surface area contributed by atoms with Crippen molar-refractivity contribution in [3.63, 3.8) is 0 Å². The Labute approximate surface area is 79.8 Å². The zero-order chi connectivity index (χ0) is 4.50. The van der Waals surface area contributed by atoms with Crippen molar-refractivity contribution in [1.29, 1.82) is 0 Å². The Kier molecular flexibility index (Phi) is 24.7. The SMILES string of the molecule is O=P(O)(O)O.[Mn].[Ni].[Zn]. The Hall–Kier alpha value is 1.75. The van der Waals surface area contributed by atoms with Crippen LogP contribution in [0.1, 0.15) is 0 Å². The smallest absolute Gasteiger partial charge is 0.303 e. The molecule has 0 aromatic heterocycles. The van der Waals surface area contributed by atoms with E-state index in [0.717, 1.165) is 0 Å².